The van der Waals surface area contributed by atoms with Crippen molar-refractivity contribution in [2.75, 3.05) is 36.5 Å². The number of aromatic amines is 1. The summed E-state index contributed by atoms with van der Waals surface area (Å²) in [6.45, 7) is 3.84. The summed E-state index contributed by atoms with van der Waals surface area (Å²) in [5.41, 5.74) is 4.00. The lowest BCUT2D eigenvalue weighted by molar-refractivity contribution is 0.177. The molecule has 7 nitrogen and oxygen atoms in total. The van der Waals surface area contributed by atoms with E-state index in [1.165, 1.54) is 0 Å². The van der Waals surface area contributed by atoms with E-state index in [4.69, 9.17) is 9.15 Å². The van der Waals surface area contributed by atoms with Crippen molar-refractivity contribution in [1.82, 2.24) is 15.0 Å². The molecule has 170 valence electrons. The van der Waals surface area contributed by atoms with Crippen LogP contribution in [0.1, 0.15) is 17.1 Å². The normalized spacial score (nSPS) is 20.0. The van der Waals surface area contributed by atoms with Crippen molar-refractivity contribution in [1.29, 1.82) is 0 Å². The Hall–Kier alpha value is -3.39. The van der Waals surface area contributed by atoms with Crippen LogP contribution in [0.5, 0.6) is 0 Å². The number of halogens is 1. The number of hydrogen-bond donors (Lipinski definition) is 2. The Kier molecular flexibility index (Phi) is 5.22. The van der Waals surface area contributed by atoms with Crippen molar-refractivity contribution in [2.45, 2.75) is 19.4 Å². The summed E-state index contributed by atoms with van der Waals surface area (Å²) >= 11 is 0. The van der Waals surface area contributed by atoms with Crippen LogP contribution in [0.2, 0.25) is 0 Å². The van der Waals surface area contributed by atoms with Gasteiger partial charge in [-0.15, -0.1) is 0 Å². The minimum absolute atomic E-state index is 0.170. The zero-order valence-electron chi connectivity index (χ0n) is 18.3. The second-order valence-corrected chi connectivity index (χ2v) is 8.92. The van der Waals surface area contributed by atoms with Crippen LogP contribution in [0.25, 0.3) is 11.2 Å². The Labute approximate surface area is 191 Å². The van der Waals surface area contributed by atoms with Crippen LogP contribution >= 0.6 is 0 Å². The van der Waals surface area contributed by atoms with Gasteiger partial charge in [-0.1, -0.05) is 6.07 Å². The van der Waals surface area contributed by atoms with Gasteiger partial charge >= 0.3 is 0 Å². The van der Waals surface area contributed by atoms with E-state index in [2.05, 4.69) is 25.2 Å². The molecule has 0 aliphatic carbocycles. The first-order valence-corrected chi connectivity index (χ1v) is 11.4. The van der Waals surface area contributed by atoms with E-state index in [1.807, 2.05) is 30.3 Å². The van der Waals surface area contributed by atoms with E-state index < -0.39 is 0 Å². The maximum Gasteiger partial charge on any atom is 0.179 e. The van der Waals surface area contributed by atoms with E-state index in [9.17, 15) is 4.39 Å². The first-order chi connectivity index (χ1) is 16.2. The van der Waals surface area contributed by atoms with Crippen LogP contribution in [-0.4, -0.2) is 41.3 Å². The summed E-state index contributed by atoms with van der Waals surface area (Å²) in [4.78, 5) is 14.5. The average Bonchev–Trinajstić information content (AvgIpc) is 3.60. The topological polar surface area (TPSA) is 79.2 Å². The molecular formula is C25H26FN5O2. The maximum absolute atomic E-state index is 14.9. The van der Waals surface area contributed by atoms with Crippen molar-refractivity contribution in [2.24, 2.45) is 11.8 Å². The van der Waals surface area contributed by atoms with Gasteiger partial charge in [0.15, 0.2) is 5.65 Å². The first-order valence-electron chi connectivity index (χ1n) is 11.4. The van der Waals surface area contributed by atoms with Gasteiger partial charge in [-0.25, -0.2) is 14.4 Å². The molecule has 2 saturated heterocycles. The molecule has 2 unspecified atom stereocenters. The third-order valence-electron chi connectivity index (χ3n) is 6.71. The highest BCUT2D eigenvalue weighted by Crippen LogP contribution is 2.34. The predicted molar refractivity (Wildman–Crippen MR) is 124 cm³/mol. The number of benzene rings is 1. The fourth-order valence-electron chi connectivity index (χ4n) is 4.92. The summed E-state index contributed by atoms with van der Waals surface area (Å²) in [6, 6.07) is 11.3. The minimum atomic E-state index is -0.170. The van der Waals surface area contributed by atoms with Crippen LogP contribution in [-0.2, 0) is 24.1 Å². The van der Waals surface area contributed by atoms with E-state index in [1.54, 1.807) is 18.5 Å². The Morgan fingerprint density at radius 1 is 1.12 bits per heavy atom. The minimum Gasteiger partial charge on any atom is -0.469 e. The number of nitrogens with zero attached hydrogens (tertiary/aromatic N) is 3. The number of pyridine rings is 1. The monoisotopic (exact) mass is 447 g/mol. The van der Waals surface area contributed by atoms with Crippen molar-refractivity contribution < 1.29 is 13.5 Å². The molecule has 6 rings (SSSR count). The molecule has 2 aliphatic heterocycles. The standard InChI is InChI=1S/C25H26FN5O2/c26-20-10-16(3-5-22(20)31-12-17-14-32-15-18(17)13-31)11-28-21-7-8-27-25-24(21)29-23(30-25)6-4-19-2-1-9-33-19/h1-3,5,7-10,17-18H,4,6,11-15H2,(H2,27,28,29,30). The quantitative estimate of drug-likeness (QED) is 0.443. The van der Waals surface area contributed by atoms with Gasteiger partial charge in [0.1, 0.15) is 22.9 Å². The molecule has 0 spiro atoms. The van der Waals surface area contributed by atoms with E-state index >= 15 is 0 Å². The number of ether oxygens (including phenoxy) is 1. The highest BCUT2D eigenvalue weighted by atomic mass is 19.1. The Morgan fingerprint density at radius 3 is 2.79 bits per heavy atom. The fourth-order valence-corrected chi connectivity index (χ4v) is 4.92. The number of rotatable bonds is 7. The molecular weight excluding hydrogens is 421 g/mol. The number of hydrogen-bond acceptors (Lipinski definition) is 6. The Bertz CT molecular complexity index is 1240. The molecule has 8 heteroatoms. The molecule has 2 aliphatic rings. The van der Waals surface area contributed by atoms with Crippen LogP contribution in [0, 0.1) is 17.7 Å². The molecule has 5 heterocycles. The van der Waals surface area contributed by atoms with E-state index in [-0.39, 0.29) is 5.82 Å². The largest absolute Gasteiger partial charge is 0.469 e. The average molecular weight is 448 g/mol. The maximum atomic E-state index is 14.9. The van der Waals surface area contributed by atoms with Crippen molar-refractivity contribution in [3.8, 4) is 0 Å². The van der Waals surface area contributed by atoms with Crippen molar-refractivity contribution in [3.63, 3.8) is 0 Å². The van der Waals surface area contributed by atoms with Gasteiger partial charge in [0.05, 0.1) is 30.9 Å². The number of H-pyrrole nitrogens is 1. The number of anilines is 2. The van der Waals surface area contributed by atoms with Gasteiger partial charge in [0, 0.05) is 50.5 Å². The van der Waals surface area contributed by atoms with Gasteiger partial charge in [-0.05, 0) is 35.9 Å². The lowest BCUT2D eigenvalue weighted by Gasteiger charge is -2.21. The highest BCUT2D eigenvalue weighted by Gasteiger charge is 2.37. The number of imidazole rings is 1. The molecule has 0 saturated carbocycles. The predicted octanol–water partition coefficient (Wildman–Crippen LogP) is 4.17. The molecule has 0 amide bonds. The number of aromatic nitrogens is 3. The molecule has 2 N–H and O–H groups in total. The van der Waals surface area contributed by atoms with Crippen LogP contribution < -0.4 is 10.2 Å². The van der Waals surface area contributed by atoms with Crippen LogP contribution in [0.15, 0.2) is 53.3 Å². The van der Waals surface area contributed by atoms with Crippen molar-refractivity contribution in [3.05, 3.63) is 71.8 Å². The first kappa shape index (κ1) is 20.2. The third-order valence-corrected chi connectivity index (χ3v) is 6.71. The molecule has 2 fully saturated rings. The number of fused-ring (bicyclic) bond motifs is 2. The second-order valence-electron chi connectivity index (χ2n) is 8.92. The van der Waals surface area contributed by atoms with Gasteiger partial charge in [-0.2, -0.15) is 0 Å². The van der Waals surface area contributed by atoms with Crippen LogP contribution in [0.3, 0.4) is 0 Å². The number of aryl methyl sites for hydroxylation is 2. The molecule has 0 bridgehead atoms. The summed E-state index contributed by atoms with van der Waals surface area (Å²) < 4.78 is 25.9. The van der Waals surface area contributed by atoms with Gasteiger partial charge in [0.25, 0.3) is 0 Å². The molecule has 33 heavy (non-hydrogen) atoms. The van der Waals surface area contributed by atoms with Gasteiger partial charge < -0.3 is 24.4 Å². The number of nitrogens with one attached hydrogen (secondary N) is 2. The smallest absolute Gasteiger partial charge is 0.179 e. The molecule has 1 aromatic carbocycles. The second kappa shape index (κ2) is 8.51. The summed E-state index contributed by atoms with van der Waals surface area (Å²) in [5, 5.41) is 3.41. The van der Waals surface area contributed by atoms with Gasteiger partial charge in [-0.3, -0.25) is 0 Å². The summed E-state index contributed by atoms with van der Waals surface area (Å²) in [6.07, 6.45) is 4.92. The Balaban J connectivity index is 1.13. The van der Waals surface area contributed by atoms with E-state index in [0.29, 0.717) is 29.7 Å². The van der Waals surface area contributed by atoms with E-state index in [0.717, 1.165) is 67.5 Å². The highest BCUT2D eigenvalue weighted by molar-refractivity contribution is 5.85. The molecule has 2 atom stereocenters. The molecule has 4 aromatic rings. The lowest BCUT2D eigenvalue weighted by atomic mass is 10.0. The Morgan fingerprint density at radius 2 is 2.00 bits per heavy atom. The SMILES string of the molecule is Fc1cc(CNc2ccnc3nc(CCc4ccco4)[nH]c23)ccc1N1CC2COCC2C1. The van der Waals surface area contributed by atoms with Crippen molar-refractivity contribution >= 4 is 22.5 Å². The fraction of sp³-hybridized carbons (Fsp3) is 0.360. The summed E-state index contributed by atoms with van der Waals surface area (Å²) in [5.74, 6) is 2.67. The zero-order valence-corrected chi connectivity index (χ0v) is 18.3. The van der Waals surface area contributed by atoms with Gasteiger partial charge in [0.2, 0.25) is 0 Å². The molecule has 3 aromatic heterocycles. The lowest BCUT2D eigenvalue weighted by Crippen LogP contribution is -2.23. The zero-order chi connectivity index (χ0) is 22.2. The number of furan rings is 1. The third kappa shape index (κ3) is 4.06. The summed E-state index contributed by atoms with van der Waals surface area (Å²) in [7, 11) is 0. The van der Waals surface area contributed by atoms with Crippen LogP contribution in [0.4, 0.5) is 15.8 Å². The molecule has 0 radical (unpaired) electrons.